The van der Waals surface area contributed by atoms with Crippen molar-refractivity contribution >= 4 is 17.5 Å². The van der Waals surface area contributed by atoms with E-state index >= 15 is 0 Å². The summed E-state index contributed by atoms with van der Waals surface area (Å²) in [6, 6.07) is 10.9. The fourth-order valence-corrected chi connectivity index (χ4v) is 2.60. The van der Waals surface area contributed by atoms with E-state index in [1.54, 1.807) is 12.1 Å². The van der Waals surface area contributed by atoms with E-state index in [1.807, 2.05) is 24.3 Å². The third-order valence-electron chi connectivity index (χ3n) is 3.54. The number of hydrogen-bond acceptors (Lipinski definition) is 4. The highest BCUT2D eigenvalue weighted by Crippen LogP contribution is 2.39. The predicted octanol–water partition coefficient (Wildman–Crippen LogP) is 3.34. The fraction of sp³-hybridized carbons (Fsp3) is 0.278. The Bertz CT molecular complexity index is 718. The van der Waals surface area contributed by atoms with Crippen molar-refractivity contribution in [3.63, 3.8) is 0 Å². The van der Waals surface area contributed by atoms with Crippen molar-refractivity contribution in [2.24, 2.45) is 0 Å². The summed E-state index contributed by atoms with van der Waals surface area (Å²) in [7, 11) is 4.52. The Morgan fingerprint density at radius 2 is 1.79 bits per heavy atom. The molecule has 128 valence electrons. The Balaban J connectivity index is 2.09. The molecule has 0 atom stereocenters. The van der Waals surface area contributed by atoms with E-state index in [1.165, 1.54) is 21.3 Å². The average Bonchev–Trinajstić information content (AvgIpc) is 2.60. The Morgan fingerprint density at radius 3 is 2.42 bits per heavy atom. The minimum atomic E-state index is -0.241. The maximum absolute atomic E-state index is 12.4. The van der Waals surface area contributed by atoms with Gasteiger partial charge in [0.25, 0.3) is 5.91 Å². The molecule has 0 saturated carbocycles. The van der Waals surface area contributed by atoms with Gasteiger partial charge in [-0.1, -0.05) is 23.7 Å². The molecule has 0 aliphatic carbocycles. The minimum Gasteiger partial charge on any atom is -0.493 e. The molecule has 0 bridgehead atoms. The summed E-state index contributed by atoms with van der Waals surface area (Å²) in [4.78, 5) is 12.4. The molecule has 5 nitrogen and oxygen atoms in total. The first kappa shape index (κ1) is 17.9. The summed E-state index contributed by atoms with van der Waals surface area (Å²) < 4.78 is 15.8. The van der Waals surface area contributed by atoms with Gasteiger partial charge >= 0.3 is 0 Å². The number of nitrogens with one attached hydrogen (secondary N) is 1. The van der Waals surface area contributed by atoms with Gasteiger partial charge in [0.15, 0.2) is 11.5 Å². The minimum absolute atomic E-state index is 0.241. The van der Waals surface area contributed by atoms with Crippen LogP contribution in [-0.2, 0) is 6.42 Å². The summed E-state index contributed by atoms with van der Waals surface area (Å²) in [5, 5.41) is 3.55. The molecule has 2 aromatic carbocycles. The van der Waals surface area contributed by atoms with Crippen molar-refractivity contribution < 1.29 is 19.0 Å². The smallest absolute Gasteiger partial charge is 0.255 e. The van der Waals surface area contributed by atoms with E-state index < -0.39 is 0 Å². The van der Waals surface area contributed by atoms with Gasteiger partial charge < -0.3 is 19.5 Å². The number of amides is 1. The molecule has 2 rings (SSSR count). The van der Waals surface area contributed by atoms with Crippen molar-refractivity contribution in [2.75, 3.05) is 27.9 Å². The molecule has 1 N–H and O–H groups in total. The zero-order valence-corrected chi connectivity index (χ0v) is 14.6. The van der Waals surface area contributed by atoms with Gasteiger partial charge in [-0.2, -0.15) is 0 Å². The molecule has 0 aliphatic rings. The predicted molar refractivity (Wildman–Crippen MR) is 93.6 cm³/mol. The third kappa shape index (κ3) is 4.11. The van der Waals surface area contributed by atoms with Gasteiger partial charge in [-0.05, 0) is 36.2 Å². The van der Waals surface area contributed by atoms with Gasteiger partial charge in [-0.25, -0.2) is 0 Å². The Kier molecular flexibility index (Phi) is 6.32. The first-order chi connectivity index (χ1) is 11.6. The lowest BCUT2D eigenvalue weighted by atomic mass is 10.1. The summed E-state index contributed by atoms with van der Waals surface area (Å²) in [5.41, 5.74) is 1.45. The second-order valence-corrected chi connectivity index (χ2v) is 5.45. The van der Waals surface area contributed by atoms with E-state index in [2.05, 4.69) is 5.32 Å². The van der Waals surface area contributed by atoms with Crippen LogP contribution >= 0.6 is 11.6 Å². The van der Waals surface area contributed by atoms with E-state index in [0.29, 0.717) is 40.8 Å². The molecule has 1 amide bonds. The standard InChI is InChI=1S/C18H20ClNO4/c1-22-15-8-7-14(16(23-2)17(15)24-3)18(21)20-10-9-12-5-4-6-13(19)11-12/h4-8,11H,9-10H2,1-3H3,(H,20,21). The zero-order valence-electron chi connectivity index (χ0n) is 13.9. The molecule has 0 fully saturated rings. The van der Waals surface area contributed by atoms with E-state index in [9.17, 15) is 4.79 Å². The molecule has 0 heterocycles. The third-order valence-corrected chi connectivity index (χ3v) is 3.77. The van der Waals surface area contributed by atoms with E-state index in [-0.39, 0.29) is 5.91 Å². The van der Waals surface area contributed by atoms with Crippen LogP contribution in [-0.4, -0.2) is 33.8 Å². The van der Waals surface area contributed by atoms with Crippen LogP contribution in [0, 0.1) is 0 Å². The number of benzene rings is 2. The second kappa shape index (κ2) is 8.45. The SMILES string of the molecule is COc1ccc(C(=O)NCCc2cccc(Cl)c2)c(OC)c1OC. The number of carbonyl (C=O) groups excluding carboxylic acids is 1. The molecule has 0 spiro atoms. The molecule has 0 radical (unpaired) electrons. The summed E-state index contributed by atoms with van der Waals surface area (Å²) in [6.07, 6.45) is 0.682. The molecule has 0 saturated heterocycles. The highest BCUT2D eigenvalue weighted by atomic mass is 35.5. The van der Waals surface area contributed by atoms with Crippen LogP contribution < -0.4 is 19.5 Å². The maximum Gasteiger partial charge on any atom is 0.255 e. The van der Waals surface area contributed by atoms with Gasteiger partial charge in [-0.3, -0.25) is 4.79 Å². The van der Waals surface area contributed by atoms with Gasteiger partial charge in [-0.15, -0.1) is 0 Å². The van der Waals surface area contributed by atoms with Gasteiger partial charge in [0.05, 0.1) is 26.9 Å². The van der Waals surface area contributed by atoms with Gasteiger partial charge in [0, 0.05) is 11.6 Å². The lowest BCUT2D eigenvalue weighted by molar-refractivity contribution is 0.0950. The monoisotopic (exact) mass is 349 g/mol. The largest absolute Gasteiger partial charge is 0.493 e. The van der Waals surface area contributed by atoms with Crippen molar-refractivity contribution in [1.29, 1.82) is 0 Å². The highest BCUT2D eigenvalue weighted by molar-refractivity contribution is 6.30. The van der Waals surface area contributed by atoms with Gasteiger partial charge in [0.1, 0.15) is 0 Å². The molecule has 0 aromatic heterocycles. The molecule has 0 unspecified atom stereocenters. The Morgan fingerprint density at radius 1 is 1.04 bits per heavy atom. The number of halogens is 1. The van der Waals surface area contributed by atoms with Crippen molar-refractivity contribution in [1.82, 2.24) is 5.32 Å². The molecule has 0 aliphatic heterocycles. The Hall–Kier alpha value is -2.40. The van der Waals surface area contributed by atoms with Crippen molar-refractivity contribution in [3.8, 4) is 17.2 Å². The number of ether oxygens (including phenoxy) is 3. The van der Waals surface area contributed by atoms with E-state index in [4.69, 9.17) is 25.8 Å². The average molecular weight is 350 g/mol. The number of hydrogen-bond donors (Lipinski definition) is 1. The molecule has 6 heteroatoms. The van der Waals surface area contributed by atoms with E-state index in [0.717, 1.165) is 5.56 Å². The van der Waals surface area contributed by atoms with Gasteiger partial charge in [0.2, 0.25) is 5.75 Å². The topological polar surface area (TPSA) is 56.8 Å². The molecule has 24 heavy (non-hydrogen) atoms. The van der Waals surface area contributed by atoms with Crippen LogP contribution in [0.3, 0.4) is 0 Å². The molecule has 2 aromatic rings. The van der Waals surface area contributed by atoms with Crippen LogP contribution in [0.4, 0.5) is 0 Å². The van der Waals surface area contributed by atoms with Crippen molar-refractivity contribution in [3.05, 3.63) is 52.5 Å². The second-order valence-electron chi connectivity index (χ2n) is 5.02. The first-order valence-electron chi connectivity index (χ1n) is 7.42. The van der Waals surface area contributed by atoms with Crippen molar-refractivity contribution in [2.45, 2.75) is 6.42 Å². The number of carbonyl (C=O) groups is 1. The van der Waals surface area contributed by atoms with Crippen LogP contribution in [0.1, 0.15) is 15.9 Å². The maximum atomic E-state index is 12.4. The van der Waals surface area contributed by atoms with Crippen LogP contribution in [0.5, 0.6) is 17.2 Å². The van der Waals surface area contributed by atoms with Crippen LogP contribution in [0.2, 0.25) is 5.02 Å². The highest BCUT2D eigenvalue weighted by Gasteiger charge is 2.20. The molecular formula is C18H20ClNO4. The normalized spacial score (nSPS) is 10.2. The Labute approximate surface area is 146 Å². The number of rotatable bonds is 7. The number of methoxy groups -OCH3 is 3. The molecular weight excluding hydrogens is 330 g/mol. The lowest BCUT2D eigenvalue weighted by Gasteiger charge is -2.15. The summed E-state index contributed by atoms with van der Waals surface area (Å²) >= 11 is 5.95. The fourth-order valence-electron chi connectivity index (χ4n) is 2.39. The van der Waals surface area contributed by atoms with Crippen LogP contribution in [0.15, 0.2) is 36.4 Å². The summed E-state index contributed by atoms with van der Waals surface area (Å²) in [5.74, 6) is 0.999. The quantitative estimate of drug-likeness (QED) is 0.833. The first-order valence-corrected chi connectivity index (χ1v) is 7.80. The zero-order chi connectivity index (χ0) is 17.5. The van der Waals surface area contributed by atoms with Crippen LogP contribution in [0.25, 0.3) is 0 Å². The lowest BCUT2D eigenvalue weighted by Crippen LogP contribution is -2.26. The summed E-state index contributed by atoms with van der Waals surface area (Å²) in [6.45, 7) is 0.483.